The molecule has 0 aliphatic rings. The van der Waals surface area contributed by atoms with Crippen molar-refractivity contribution in [2.24, 2.45) is 0 Å². The minimum atomic E-state index is 0.638. The first-order valence-corrected chi connectivity index (χ1v) is 5.85. The summed E-state index contributed by atoms with van der Waals surface area (Å²) in [6.45, 7) is 16.5. The molecule has 15 heavy (non-hydrogen) atoms. The van der Waals surface area contributed by atoms with Gasteiger partial charge in [-0.1, -0.05) is 34.6 Å². The van der Waals surface area contributed by atoms with Gasteiger partial charge in [0, 0.05) is 6.42 Å². The molecule has 1 nitrogen and oxygen atoms in total. The van der Waals surface area contributed by atoms with E-state index in [0.717, 1.165) is 12.2 Å². The first-order chi connectivity index (χ1) is 7.27. The zero-order valence-electron chi connectivity index (χ0n) is 11.0. The Hall–Kier alpha value is -0.980. The fourth-order valence-electron chi connectivity index (χ4n) is 1.08. The van der Waals surface area contributed by atoms with Crippen LogP contribution in [0.3, 0.4) is 0 Å². The number of hydrogen-bond donors (Lipinski definition) is 0. The van der Waals surface area contributed by atoms with Gasteiger partial charge in [0.1, 0.15) is 5.76 Å². The van der Waals surface area contributed by atoms with E-state index < -0.39 is 0 Å². The molecule has 1 aromatic heterocycles. The van der Waals surface area contributed by atoms with Crippen LogP contribution in [0.5, 0.6) is 0 Å². The molecule has 0 aromatic carbocycles. The summed E-state index contributed by atoms with van der Waals surface area (Å²) >= 11 is 0. The highest BCUT2D eigenvalue weighted by Crippen LogP contribution is 2.20. The van der Waals surface area contributed by atoms with E-state index in [4.69, 9.17) is 4.42 Å². The molecular formula is C14H26O. The zero-order chi connectivity index (χ0) is 12.3. The van der Waals surface area contributed by atoms with Crippen LogP contribution in [0, 0.1) is 0 Å². The highest BCUT2D eigenvalue weighted by atomic mass is 16.3. The van der Waals surface area contributed by atoms with Crippen LogP contribution in [0.2, 0.25) is 0 Å². The van der Waals surface area contributed by atoms with E-state index in [1.54, 1.807) is 0 Å². The van der Waals surface area contributed by atoms with Crippen LogP contribution in [-0.2, 0) is 6.42 Å². The highest BCUT2D eigenvalue weighted by Gasteiger charge is 2.05. The summed E-state index contributed by atoms with van der Waals surface area (Å²) < 4.78 is 5.34. The molecule has 0 amide bonds. The summed E-state index contributed by atoms with van der Waals surface area (Å²) in [5, 5.41) is 0. The first-order valence-electron chi connectivity index (χ1n) is 5.85. The molecule has 88 valence electrons. The molecule has 0 radical (unpaired) electrons. The quantitative estimate of drug-likeness (QED) is 0.626. The Morgan fingerprint density at radius 1 is 1.27 bits per heavy atom. The lowest BCUT2D eigenvalue weighted by Gasteiger charge is -2.01. The molecule has 1 rings (SSSR count). The van der Waals surface area contributed by atoms with Crippen LogP contribution in [0.25, 0.3) is 0 Å². The predicted molar refractivity (Wildman–Crippen MR) is 69.4 cm³/mol. The second kappa shape index (κ2) is 11.1. The molecule has 1 heteroatoms. The third kappa shape index (κ3) is 6.16. The minimum Gasteiger partial charge on any atom is -0.469 e. The van der Waals surface area contributed by atoms with E-state index in [-0.39, 0.29) is 0 Å². The van der Waals surface area contributed by atoms with Gasteiger partial charge in [-0.25, -0.2) is 0 Å². The van der Waals surface area contributed by atoms with Gasteiger partial charge >= 0.3 is 0 Å². The zero-order valence-corrected chi connectivity index (χ0v) is 11.0. The summed E-state index contributed by atoms with van der Waals surface area (Å²) in [5.41, 5.74) is 1.34. The van der Waals surface area contributed by atoms with Gasteiger partial charge in [0.2, 0.25) is 0 Å². The fourth-order valence-corrected chi connectivity index (χ4v) is 1.08. The van der Waals surface area contributed by atoms with E-state index in [2.05, 4.69) is 40.0 Å². The maximum Gasteiger partial charge on any atom is 0.103 e. The number of furan rings is 1. The molecule has 0 aliphatic heterocycles. The van der Waals surface area contributed by atoms with Gasteiger partial charge in [-0.2, -0.15) is 0 Å². The van der Waals surface area contributed by atoms with Gasteiger partial charge in [0.05, 0.1) is 6.26 Å². The second-order valence-electron chi connectivity index (χ2n) is 3.01. The Labute approximate surface area is 95.2 Å². The van der Waals surface area contributed by atoms with Gasteiger partial charge in [0.25, 0.3) is 0 Å². The Kier molecular flexibility index (Phi) is 12.2. The number of rotatable bonds is 3. The van der Waals surface area contributed by atoms with Gasteiger partial charge in [-0.05, 0) is 24.0 Å². The summed E-state index contributed by atoms with van der Waals surface area (Å²) in [4.78, 5) is 0. The molecule has 0 spiro atoms. The third-order valence-electron chi connectivity index (χ3n) is 2.20. The largest absolute Gasteiger partial charge is 0.469 e. The van der Waals surface area contributed by atoms with Crippen LogP contribution in [-0.4, -0.2) is 0 Å². The van der Waals surface area contributed by atoms with Crippen LogP contribution >= 0.6 is 0 Å². The molecular weight excluding hydrogens is 184 g/mol. The lowest BCUT2D eigenvalue weighted by atomic mass is 10.0. The molecule has 0 saturated carbocycles. The monoisotopic (exact) mass is 210 g/mol. The second-order valence-corrected chi connectivity index (χ2v) is 3.01. The minimum absolute atomic E-state index is 0.638. The Balaban J connectivity index is 0. The van der Waals surface area contributed by atoms with Crippen molar-refractivity contribution in [3.63, 3.8) is 0 Å². The molecule has 0 saturated heterocycles. The van der Waals surface area contributed by atoms with E-state index in [0.29, 0.717) is 5.92 Å². The maximum absolute atomic E-state index is 5.34. The molecule has 0 bridgehead atoms. The highest BCUT2D eigenvalue weighted by molar-refractivity contribution is 5.16. The van der Waals surface area contributed by atoms with Crippen molar-refractivity contribution in [3.8, 4) is 0 Å². The van der Waals surface area contributed by atoms with Crippen LogP contribution in [0.15, 0.2) is 29.9 Å². The molecule has 0 aliphatic carbocycles. The van der Waals surface area contributed by atoms with Crippen LogP contribution in [0.1, 0.15) is 58.3 Å². The number of hydrogen-bond acceptors (Lipinski definition) is 1. The first kappa shape index (κ1) is 16.4. The average Bonchev–Trinajstić information content (AvgIpc) is 2.82. The van der Waals surface area contributed by atoms with E-state index >= 15 is 0 Å². The summed E-state index contributed by atoms with van der Waals surface area (Å²) in [6, 6.07) is 2.16. The van der Waals surface area contributed by atoms with Gasteiger partial charge in [-0.15, -0.1) is 13.2 Å². The molecule has 1 atom stereocenters. The Morgan fingerprint density at radius 3 is 2.13 bits per heavy atom. The summed E-state index contributed by atoms with van der Waals surface area (Å²) in [5.74, 6) is 1.74. The van der Waals surface area contributed by atoms with E-state index in [1.807, 2.05) is 20.1 Å². The smallest absolute Gasteiger partial charge is 0.103 e. The summed E-state index contributed by atoms with van der Waals surface area (Å²) in [7, 11) is 0. The topological polar surface area (TPSA) is 13.1 Å². The van der Waals surface area contributed by atoms with Gasteiger partial charge in [0.15, 0.2) is 0 Å². The molecule has 1 heterocycles. The molecule has 1 aromatic rings. The lowest BCUT2D eigenvalue weighted by molar-refractivity contribution is 0.511. The normalized spacial score (nSPS) is 10.5. The van der Waals surface area contributed by atoms with Crippen LogP contribution in [0.4, 0.5) is 0 Å². The predicted octanol–water partition coefficient (Wildman–Crippen LogP) is 5.18. The summed E-state index contributed by atoms with van der Waals surface area (Å²) in [6.07, 6.45) is 4.06. The third-order valence-corrected chi connectivity index (χ3v) is 2.20. The van der Waals surface area contributed by atoms with Crippen molar-refractivity contribution in [2.75, 3.05) is 0 Å². The molecule has 1 unspecified atom stereocenters. The van der Waals surface area contributed by atoms with Crippen molar-refractivity contribution < 1.29 is 4.42 Å². The SMILES string of the molecule is C=C.CC.CCc1cc(C(C)CC)co1. The standard InChI is InChI=1S/C10H16O.C2H6.C2H4/c1-4-8(3)9-6-10(5-2)11-7-9;2*1-2/h6-8H,4-5H2,1-3H3;1-2H3;1-2H2. The van der Waals surface area contributed by atoms with Crippen molar-refractivity contribution in [3.05, 3.63) is 36.8 Å². The van der Waals surface area contributed by atoms with E-state index in [1.165, 1.54) is 12.0 Å². The van der Waals surface area contributed by atoms with Gasteiger partial charge < -0.3 is 4.42 Å². The molecule has 0 fully saturated rings. The Morgan fingerprint density at radius 2 is 1.80 bits per heavy atom. The van der Waals surface area contributed by atoms with Crippen LogP contribution < -0.4 is 0 Å². The van der Waals surface area contributed by atoms with Crippen molar-refractivity contribution in [1.82, 2.24) is 0 Å². The fraction of sp³-hybridized carbons (Fsp3) is 0.571. The number of aryl methyl sites for hydroxylation is 1. The molecule has 0 N–H and O–H groups in total. The lowest BCUT2D eigenvalue weighted by Crippen LogP contribution is -1.86. The van der Waals surface area contributed by atoms with Crippen molar-refractivity contribution >= 4 is 0 Å². The maximum atomic E-state index is 5.34. The van der Waals surface area contributed by atoms with Crippen molar-refractivity contribution in [1.29, 1.82) is 0 Å². The van der Waals surface area contributed by atoms with Crippen molar-refractivity contribution in [2.45, 2.75) is 53.4 Å². The van der Waals surface area contributed by atoms with E-state index in [9.17, 15) is 0 Å². The van der Waals surface area contributed by atoms with Gasteiger partial charge in [-0.3, -0.25) is 0 Å². The Bertz CT molecular complexity index is 225. The average molecular weight is 210 g/mol.